The molecule has 2 aromatic rings. The van der Waals surface area contributed by atoms with Gasteiger partial charge < -0.3 is 0 Å². The maximum atomic E-state index is 8.67. The Balaban J connectivity index is 2.84. The van der Waals surface area contributed by atoms with Crippen molar-refractivity contribution in [3.05, 3.63) is 41.2 Å². The van der Waals surface area contributed by atoms with E-state index >= 15 is 0 Å². The molecule has 0 unspecified atom stereocenters. The van der Waals surface area contributed by atoms with E-state index in [1.165, 1.54) is 0 Å². The van der Waals surface area contributed by atoms with Gasteiger partial charge >= 0.3 is 0 Å². The third kappa shape index (κ3) is 1.34. The lowest BCUT2D eigenvalue weighted by atomic mass is 10.1. The summed E-state index contributed by atoms with van der Waals surface area (Å²) in [6.45, 7) is 0. The van der Waals surface area contributed by atoms with Crippen molar-refractivity contribution >= 4 is 22.4 Å². The van der Waals surface area contributed by atoms with Gasteiger partial charge in [0.2, 0.25) is 0 Å². The normalized spacial score (nSPS) is 9.85. The Morgan fingerprint density at radius 3 is 2.92 bits per heavy atom. The highest BCUT2D eigenvalue weighted by atomic mass is 35.5. The van der Waals surface area contributed by atoms with Crippen molar-refractivity contribution in [1.29, 1.82) is 5.26 Å². The number of benzene rings is 1. The van der Waals surface area contributed by atoms with Gasteiger partial charge in [-0.15, -0.1) is 0 Å². The van der Waals surface area contributed by atoms with Crippen LogP contribution in [-0.4, -0.2) is 4.98 Å². The molecule has 0 saturated carbocycles. The number of nitrogens with zero attached hydrogens (tertiary/aromatic N) is 2. The molecule has 0 N–H and O–H groups in total. The van der Waals surface area contributed by atoms with Crippen LogP contribution < -0.4 is 0 Å². The fraction of sp³-hybridized carbons (Fsp3) is 0. The number of hydrogen-bond donors (Lipinski definition) is 0. The molecule has 0 aliphatic heterocycles. The Kier molecular flexibility index (Phi) is 1.88. The van der Waals surface area contributed by atoms with Crippen LogP contribution in [0.1, 0.15) is 5.56 Å². The number of aromatic nitrogens is 1. The first kappa shape index (κ1) is 8.03. The van der Waals surface area contributed by atoms with Crippen molar-refractivity contribution in [3.8, 4) is 6.07 Å². The molecule has 0 spiro atoms. The number of hydrogen-bond acceptors (Lipinski definition) is 2. The monoisotopic (exact) mass is 188 g/mol. The quantitative estimate of drug-likeness (QED) is 0.596. The molecular weight excluding hydrogens is 184 g/mol. The maximum Gasteiger partial charge on any atom is 0.136 e. The van der Waals surface area contributed by atoms with Gasteiger partial charge in [0.1, 0.15) is 5.15 Å². The highest BCUT2D eigenvalue weighted by Crippen LogP contribution is 2.21. The van der Waals surface area contributed by atoms with Gasteiger partial charge in [0.05, 0.1) is 11.6 Å². The van der Waals surface area contributed by atoms with E-state index < -0.39 is 0 Å². The Labute approximate surface area is 80.4 Å². The number of pyridine rings is 1. The molecule has 0 saturated heterocycles. The van der Waals surface area contributed by atoms with E-state index in [0.29, 0.717) is 10.7 Å². The van der Waals surface area contributed by atoms with Gasteiger partial charge in [-0.25, -0.2) is 4.98 Å². The van der Waals surface area contributed by atoms with E-state index in [-0.39, 0.29) is 0 Å². The molecule has 2 nitrogen and oxygen atoms in total. The summed E-state index contributed by atoms with van der Waals surface area (Å²) in [5.74, 6) is 0. The summed E-state index contributed by atoms with van der Waals surface area (Å²) in [4.78, 5) is 3.94. The fourth-order valence-corrected chi connectivity index (χ4v) is 1.42. The van der Waals surface area contributed by atoms with E-state index in [1.807, 2.05) is 12.1 Å². The number of rotatable bonds is 0. The predicted molar refractivity (Wildman–Crippen MR) is 51.5 cm³/mol. The van der Waals surface area contributed by atoms with Crippen LogP contribution in [-0.2, 0) is 0 Å². The zero-order valence-electron chi connectivity index (χ0n) is 6.66. The minimum Gasteiger partial charge on any atom is -0.244 e. The molecule has 0 bridgehead atoms. The summed E-state index contributed by atoms with van der Waals surface area (Å²) in [5, 5.41) is 10.9. The molecule has 0 radical (unpaired) electrons. The first-order chi connectivity index (χ1) is 6.31. The lowest BCUT2D eigenvalue weighted by Gasteiger charge is -1.98. The minimum absolute atomic E-state index is 0.439. The third-order valence-corrected chi connectivity index (χ3v) is 2.15. The molecule has 0 aliphatic rings. The molecule has 0 amide bonds. The van der Waals surface area contributed by atoms with Gasteiger partial charge in [-0.05, 0) is 23.6 Å². The first-order valence-electron chi connectivity index (χ1n) is 3.75. The predicted octanol–water partition coefficient (Wildman–Crippen LogP) is 2.76. The zero-order valence-corrected chi connectivity index (χ0v) is 7.42. The van der Waals surface area contributed by atoms with Gasteiger partial charge in [-0.3, -0.25) is 0 Å². The topological polar surface area (TPSA) is 36.7 Å². The minimum atomic E-state index is 0.439. The summed E-state index contributed by atoms with van der Waals surface area (Å²) in [6.07, 6.45) is 1.65. The molecule has 1 heterocycles. The first-order valence-corrected chi connectivity index (χ1v) is 4.13. The zero-order chi connectivity index (χ0) is 9.26. The van der Waals surface area contributed by atoms with Crippen molar-refractivity contribution in [2.75, 3.05) is 0 Å². The second-order valence-electron chi connectivity index (χ2n) is 2.65. The van der Waals surface area contributed by atoms with E-state index in [0.717, 1.165) is 10.8 Å². The fourth-order valence-electron chi connectivity index (χ4n) is 1.20. The number of nitriles is 1. The lowest BCUT2D eigenvalue weighted by Crippen LogP contribution is -1.80. The molecule has 0 fully saturated rings. The van der Waals surface area contributed by atoms with E-state index in [2.05, 4.69) is 11.1 Å². The Morgan fingerprint density at radius 2 is 2.15 bits per heavy atom. The molecule has 1 aromatic carbocycles. The van der Waals surface area contributed by atoms with Crippen LogP contribution in [0.2, 0.25) is 5.15 Å². The molecule has 2 rings (SSSR count). The molecule has 62 valence electrons. The van der Waals surface area contributed by atoms with E-state index in [9.17, 15) is 0 Å². The Morgan fingerprint density at radius 1 is 1.31 bits per heavy atom. The largest absolute Gasteiger partial charge is 0.244 e. The van der Waals surface area contributed by atoms with Crippen LogP contribution in [0.15, 0.2) is 30.5 Å². The molecule has 0 atom stereocenters. The Bertz CT molecular complexity index is 500. The highest BCUT2D eigenvalue weighted by molar-refractivity contribution is 6.34. The van der Waals surface area contributed by atoms with Gasteiger partial charge in [0.25, 0.3) is 0 Å². The Hall–Kier alpha value is -1.59. The van der Waals surface area contributed by atoms with Gasteiger partial charge in [-0.1, -0.05) is 17.7 Å². The molecular formula is C10H5ClN2. The summed E-state index contributed by atoms with van der Waals surface area (Å²) in [7, 11) is 0. The van der Waals surface area contributed by atoms with E-state index in [4.69, 9.17) is 16.9 Å². The van der Waals surface area contributed by atoms with Crippen molar-refractivity contribution < 1.29 is 0 Å². The molecule has 3 heteroatoms. The van der Waals surface area contributed by atoms with Gasteiger partial charge in [0, 0.05) is 11.6 Å². The third-order valence-electron chi connectivity index (χ3n) is 1.85. The second kappa shape index (κ2) is 3.04. The summed E-state index contributed by atoms with van der Waals surface area (Å²) < 4.78 is 0. The van der Waals surface area contributed by atoms with Crippen LogP contribution in [0.3, 0.4) is 0 Å². The van der Waals surface area contributed by atoms with Crippen molar-refractivity contribution in [2.24, 2.45) is 0 Å². The maximum absolute atomic E-state index is 8.67. The van der Waals surface area contributed by atoms with Crippen LogP contribution in [0.25, 0.3) is 10.8 Å². The van der Waals surface area contributed by atoms with Gasteiger partial charge in [-0.2, -0.15) is 5.26 Å². The highest BCUT2D eigenvalue weighted by Gasteiger charge is 1.99. The summed E-state index contributed by atoms with van der Waals surface area (Å²) >= 11 is 5.87. The van der Waals surface area contributed by atoms with Crippen molar-refractivity contribution in [2.45, 2.75) is 0 Å². The SMILES string of the molecule is N#Cc1ccc2ccnc(Cl)c2c1. The van der Waals surface area contributed by atoms with Crippen LogP contribution in [0.5, 0.6) is 0 Å². The number of halogens is 1. The van der Waals surface area contributed by atoms with Crippen LogP contribution in [0.4, 0.5) is 0 Å². The molecule has 13 heavy (non-hydrogen) atoms. The second-order valence-corrected chi connectivity index (χ2v) is 3.01. The molecule has 0 aliphatic carbocycles. The average molecular weight is 189 g/mol. The van der Waals surface area contributed by atoms with Crippen LogP contribution >= 0.6 is 11.6 Å². The number of fused-ring (bicyclic) bond motifs is 1. The lowest BCUT2D eigenvalue weighted by molar-refractivity contribution is 1.36. The van der Waals surface area contributed by atoms with Crippen molar-refractivity contribution in [1.82, 2.24) is 4.98 Å². The van der Waals surface area contributed by atoms with Crippen LogP contribution in [0, 0.1) is 11.3 Å². The average Bonchev–Trinajstić information content (AvgIpc) is 2.18. The standard InChI is InChI=1S/C10H5ClN2/c11-10-9-5-7(6-12)1-2-8(9)3-4-13-10/h1-5H. The van der Waals surface area contributed by atoms with E-state index in [1.54, 1.807) is 18.3 Å². The molecule has 1 aromatic heterocycles. The summed E-state index contributed by atoms with van der Waals surface area (Å²) in [5.41, 5.74) is 0.599. The van der Waals surface area contributed by atoms with Gasteiger partial charge in [0.15, 0.2) is 0 Å². The summed E-state index contributed by atoms with van der Waals surface area (Å²) in [6, 6.07) is 9.29. The van der Waals surface area contributed by atoms with Crippen molar-refractivity contribution in [3.63, 3.8) is 0 Å². The smallest absolute Gasteiger partial charge is 0.136 e.